The minimum atomic E-state index is -1.01. The highest BCUT2D eigenvalue weighted by Crippen LogP contribution is 2.48. The quantitative estimate of drug-likeness (QED) is 0.246. The van der Waals surface area contributed by atoms with E-state index in [1.54, 1.807) is 19.4 Å². The molecule has 1 amide bonds. The summed E-state index contributed by atoms with van der Waals surface area (Å²) in [5, 5.41) is 13.0. The van der Waals surface area contributed by atoms with Gasteiger partial charge in [0.05, 0.1) is 28.5 Å². The van der Waals surface area contributed by atoms with Gasteiger partial charge in [-0.2, -0.15) is 0 Å². The number of carboxylic acid groups (broad SMARTS) is 1. The molecule has 0 atom stereocenters. The van der Waals surface area contributed by atoms with E-state index in [2.05, 4.69) is 46.1 Å². The van der Waals surface area contributed by atoms with Crippen LogP contribution in [0, 0.1) is 6.92 Å². The molecule has 234 valence electrons. The summed E-state index contributed by atoms with van der Waals surface area (Å²) in [5.74, 6) is 0.0865. The van der Waals surface area contributed by atoms with E-state index in [4.69, 9.17) is 9.97 Å². The minimum Gasteiger partial charge on any atom is -0.478 e. The fourth-order valence-electron chi connectivity index (χ4n) is 7.29. The van der Waals surface area contributed by atoms with Crippen molar-refractivity contribution in [3.8, 4) is 11.3 Å². The van der Waals surface area contributed by atoms with Gasteiger partial charge in [0.25, 0.3) is 0 Å². The van der Waals surface area contributed by atoms with Gasteiger partial charge in [0.2, 0.25) is 5.91 Å². The second kappa shape index (κ2) is 10.9. The molecule has 2 aliphatic heterocycles. The smallest absolute Gasteiger partial charge is 0.336 e. The van der Waals surface area contributed by atoms with Gasteiger partial charge < -0.3 is 24.8 Å². The average molecular weight is 608 g/mol. The molecule has 45 heavy (non-hydrogen) atoms. The zero-order chi connectivity index (χ0) is 31.6. The zero-order valence-corrected chi connectivity index (χ0v) is 26.7. The first-order valence-corrected chi connectivity index (χ1v) is 16.1. The molecule has 0 unspecified atom stereocenters. The van der Waals surface area contributed by atoms with Crippen LogP contribution in [0.2, 0.25) is 0 Å². The summed E-state index contributed by atoms with van der Waals surface area (Å²) in [6, 6.07) is 10.6. The molecule has 2 N–H and O–H groups in total. The van der Waals surface area contributed by atoms with Crippen molar-refractivity contribution in [1.82, 2.24) is 24.4 Å². The Kier molecular flexibility index (Phi) is 7.15. The van der Waals surface area contributed by atoms with Crippen LogP contribution >= 0.6 is 0 Å². The third kappa shape index (κ3) is 4.95. The number of aryl methyl sites for hydroxylation is 1. The molecule has 3 aromatic heterocycles. The topological polar surface area (TPSA) is 116 Å². The van der Waals surface area contributed by atoms with Crippen molar-refractivity contribution >= 4 is 40.2 Å². The van der Waals surface area contributed by atoms with Crippen LogP contribution < -0.4 is 10.2 Å². The lowest BCUT2D eigenvalue weighted by molar-refractivity contribution is -0.123. The van der Waals surface area contributed by atoms with Crippen LogP contribution in [-0.2, 0) is 10.2 Å². The number of piperidine rings is 1. The number of nitrogens with zero attached hydrogens (tertiary/aromatic N) is 6. The molecule has 10 heteroatoms. The molecule has 5 heterocycles. The Hall–Kier alpha value is -4.31. The van der Waals surface area contributed by atoms with Gasteiger partial charge in [0.15, 0.2) is 5.82 Å². The number of anilines is 3. The molecule has 0 radical (unpaired) electrons. The van der Waals surface area contributed by atoms with Crippen LogP contribution in [0.15, 0.2) is 42.9 Å². The van der Waals surface area contributed by atoms with E-state index in [-0.39, 0.29) is 23.6 Å². The van der Waals surface area contributed by atoms with Crippen molar-refractivity contribution in [2.24, 2.45) is 0 Å². The van der Waals surface area contributed by atoms with Crippen LogP contribution in [-0.4, -0.2) is 66.6 Å². The fraction of sp³-hybridized carbons (Fsp3) is 0.457. The summed E-state index contributed by atoms with van der Waals surface area (Å²) in [4.78, 5) is 44.6. The van der Waals surface area contributed by atoms with Crippen LogP contribution in [0.25, 0.3) is 22.3 Å². The molecule has 3 aliphatic rings. The number of nitrogens with one attached hydrogen (secondary N) is 1. The standard InChI is InChI=1S/C35H41N7O3/c1-20(2)41-19-37-28-17-27(38-32(31(28)41)39-30-16-25(33(43)44)21(3)18-36-30)22-9-10-26-29(13-22)42(34(45)35(26,4)5)24-14-23(15-24)40-11-7-6-8-12-40/h9-10,13,16-20,23-24H,6-8,11-12,14-15H2,1-5H3,(H,43,44)(H,36,38,39)/t23-,24+. The van der Waals surface area contributed by atoms with Gasteiger partial charge in [-0.15, -0.1) is 0 Å². The Labute approximate surface area is 263 Å². The highest BCUT2D eigenvalue weighted by molar-refractivity contribution is 6.09. The van der Waals surface area contributed by atoms with E-state index in [0.717, 1.165) is 40.7 Å². The SMILES string of the molecule is Cc1cnc(Nc2nc(-c3ccc4c(c3)N([C@H]3C[C@@H](N5CCCCC5)C3)C(=O)C4(C)C)cc3ncn(C(C)C)c23)cc1C(=O)O. The fourth-order valence-corrected chi connectivity index (χ4v) is 7.29. The Balaban J connectivity index is 1.27. The van der Waals surface area contributed by atoms with E-state index in [1.807, 2.05) is 30.5 Å². The highest BCUT2D eigenvalue weighted by Gasteiger charge is 2.50. The number of imidazole rings is 1. The Bertz CT molecular complexity index is 1820. The predicted molar refractivity (Wildman–Crippen MR) is 175 cm³/mol. The molecule has 1 aromatic carbocycles. The number of likely N-dealkylation sites (tertiary alicyclic amines) is 1. The summed E-state index contributed by atoms with van der Waals surface area (Å²) < 4.78 is 2.04. The maximum atomic E-state index is 13.9. The van der Waals surface area contributed by atoms with Crippen molar-refractivity contribution in [3.63, 3.8) is 0 Å². The van der Waals surface area contributed by atoms with Crippen molar-refractivity contribution in [1.29, 1.82) is 0 Å². The Morgan fingerprint density at radius 3 is 2.51 bits per heavy atom. The molecule has 10 nitrogen and oxygen atoms in total. The zero-order valence-electron chi connectivity index (χ0n) is 26.7. The summed E-state index contributed by atoms with van der Waals surface area (Å²) in [5.41, 5.74) is 5.37. The third-order valence-corrected chi connectivity index (χ3v) is 10.0. The van der Waals surface area contributed by atoms with Gasteiger partial charge in [-0.05, 0) is 103 Å². The molecule has 0 spiro atoms. The van der Waals surface area contributed by atoms with Gasteiger partial charge >= 0.3 is 5.97 Å². The van der Waals surface area contributed by atoms with Crippen molar-refractivity contribution in [2.45, 2.75) is 90.3 Å². The normalized spacial score (nSPS) is 21.3. The van der Waals surface area contributed by atoms with Crippen LogP contribution in [0.5, 0.6) is 0 Å². The summed E-state index contributed by atoms with van der Waals surface area (Å²) in [7, 11) is 0. The first-order chi connectivity index (χ1) is 21.5. The first-order valence-electron chi connectivity index (χ1n) is 16.1. The molecule has 1 aliphatic carbocycles. The molecule has 0 bridgehead atoms. The molecule has 7 rings (SSSR count). The Morgan fingerprint density at radius 1 is 1.04 bits per heavy atom. The number of aromatic nitrogens is 4. The molecule has 2 fully saturated rings. The van der Waals surface area contributed by atoms with E-state index < -0.39 is 11.4 Å². The largest absolute Gasteiger partial charge is 0.478 e. The average Bonchev–Trinajstić information content (AvgIpc) is 3.51. The third-order valence-electron chi connectivity index (χ3n) is 10.0. The number of aromatic carboxylic acids is 1. The van der Waals surface area contributed by atoms with Gasteiger partial charge in [-0.3, -0.25) is 4.79 Å². The predicted octanol–water partition coefficient (Wildman–Crippen LogP) is 6.47. The number of fused-ring (bicyclic) bond motifs is 2. The summed E-state index contributed by atoms with van der Waals surface area (Å²) in [6.07, 6.45) is 9.24. The molecule has 4 aromatic rings. The Morgan fingerprint density at radius 2 is 1.80 bits per heavy atom. The second-order valence-corrected chi connectivity index (χ2v) is 13.7. The van der Waals surface area contributed by atoms with Gasteiger partial charge in [-0.1, -0.05) is 18.6 Å². The minimum absolute atomic E-state index is 0.127. The number of carbonyl (C=O) groups is 2. The lowest BCUT2D eigenvalue weighted by Gasteiger charge is -2.48. The highest BCUT2D eigenvalue weighted by atomic mass is 16.4. The maximum Gasteiger partial charge on any atom is 0.336 e. The molecular weight excluding hydrogens is 566 g/mol. The van der Waals surface area contributed by atoms with Gasteiger partial charge in [-0.25, -0.2) is 19.7 Å². The number of hydrogen-bond donors (Lipinski definition) is 2. The number of carboxylic acids is 1. The van der Waals surface area contributed by atoms with Crippen LogP contribution in [0.1, 0.15) is 87.3 Å². The van der Waals surface area contributed by atoms with Crippen molar-refractivity contribution < 1.29 is 14.7 Å². The van der Waals surface area contributed by atoms with Crippen LogP contribution in [0.3, 0.4) is 0 Å². The van der Waals surface area contributed by atoms with Gasteiger partial charge in [0.1, 0.15) is 11.3 Å². The molecular formula is C35H41N7O3. The van der Waals surface area contributed by atoms with Gasteiger partial charge in [0, 0.05) is 35.6 Å². The maximum absolute atomic E-state index is 13.9. The second-order valence-electron chi connectivity index (χ2n) is 13.7. The number of rotatable bonds is 7. The number of benzene rings is 1. The number of amides is 1. The summed E-state index contributed by atoms with van der Waals surface area (Å²) in [6.45, 7) is 12.3. The monoisotopic (exact) mass is 607 g/mol. The number of pyridine rings is 2. The lowest BCUT2D eigenvalue weighted by atomic mass is 9.82. The number of carbonyl (C=O) groups excluding carboxylic acids is 1. The van der Waals surface area contributed by atoms with Crippen molar-refractivity contribution in [3.05, 3.63) is 59.5 Å². The van der Waals surface area contributed by atoms with Crippen LogP contribution in [0.4, 0.5) is 17.3 Å². The number of hydrogen-bond acceptors (Lipinski definition) is 7. The van der Waals surface area contributed by atoms with E-state index in [0.29, 0.717) is 28.9 Å². The van der Waals surface area contributed by atoms with E-state index in [1.165, 1.54) is 38.4 Å². The first kappa shape index (κ1) is 29.4. The summed E-state index contributed by atoms with van der Waals surface area (Å²) >= 11 is 0. The molecule has 1 saturated carbocycles. The molecule has 1 saturated heterocycles. The van der Waals surface area contributed by atoms with E-state index >= 15 is 0 Å². The van der Waals surface area contributed by atoms with E-state index in [9.17, 15) is 14.7 Å². The van der Waals surface area contributed by atoms with Crippen molar-refractivity contribution in [2.75, 3.05) is 23.3 Å². The lowest BCUT2D eigenvalue weighted by Crippen LogP contribution is -2.57.